The van der Waals surface area contributed by atoms with Crippen LogP contribution in [0.25, 0.3) is 0 Å². The van der Waals surface area contributed by atoms with Crippen LogP contribution in [0.2, 0.25) is 0 Å². The van der Waals surface area contributed by atoms with Crippen LogP contribution in [0, 0.1) is 6.92 Å². The van der Waals surface area contributed by atoms with E-state index in [-0.39, 0.29) is 12.5 Å². The summed E-state index contributed by atoms with van der Waals surface area (Å²) in [7, 11) is 1.88. The van der Waals surface area contributed by atoms with Crippen molar-refractivity contribution in [3.8, 4) is 0 Å². The van der Waals surface area contributed by atoms with Crippen LogP contribution >= 0.6 is 0 Å². The monoisotopic (exact) mass is 258 g/mol. The quantitative estimate of drug-likeness (QED) is 0.853. The normalized spacial score (nSPS) is 10.4. The molecule has 0 aliphatic carbocycles. The highest BCUT2D eigenvalue weighted by molar-refractivity contribution is 5.92. The van der Waals surface area contributed by atoms with Crippen molar-refractivity contribution in [2.24, 2.45) is 7.05 Å². The number of aromatic nitrogens is 2. The summed E-state index contributed by atoms with van der Waals surface area (Å²) in [4.78, 5) is 11.7. The molecule has 100 valence electrons. The summed E-state index contributed by atoms with van der Waals surface area (Å²) < 4.78 is 1.78. The Morgan fingerprint density at radius 1 is 1.26 bits per heavy atom. The molecule has 0 spiro atoms. The fourth-order valence-electron chi connectivity index (χ4n) is 1.72. The molecule has 0 aliphatic rings. The van der Waals surface area contributed by atoms with Gasteiger partial charge in [0.05, 0.1) is 12.2 Å². The molecule has 0 saturated heterocycles. The zero-order valence-corrected chi connectivity index (χ0v) is 11.2. The van der Waals surface area contributed by atoms with Gasteiger partial charge in [-0.25, -0.2) is 0 Å². The van der Waals surface area contributed by atoms with E-state index in [9.17, 15) is 4.79 Å². The van der Waals surface area contributed by atoms with E-state index in [4.69, 9.17) is 0 Å². The topological polar surface area (TPSA) is 59.0 Å². The number of benzene rings is 1. The van der Waals surface area contributed by atoms with Crippen LogP contribution < -0.4 is 10.6 Å². The van der Waals surface area contributed by atoms with Crippen LogP contribution in [-0.2, 0) is 18.4 Å². The van der Waals surface area contributed by atoms with Gasteiger partial charge in [-0.1, -0.05) is 17.7 Å². The highest BCUT2D eigenvalue weighted by Crippen LogP contribution is 2.07. The van der Waals surface area contributed by atoms with E-state index >= 15 is 0 Å². The van der Waals surface area contributed by atoms with Gasteiger partial charge in [-0.3, -0.25) is 9.48 Å². The maximum Gasteiger partial charge on any atom is 0.238 e. The summed E-state index contributed by atoms with van der Waals surface area (Å²) in [6, 6.07) is 9.66. The van der Waals surface area contributed by atoms with Gasteiger partial charge < -0.3 is 10.6 Å². The minimum absolute atomic E-state index is 0.0500. The first-order valence-corrected chi connectivity index (χ1v) is 6.19. The van der Waals surface area contributed by atoms with E-state index in [1.807, 2.05) is 44.3 Å². The van der Waals surface area contributed by atoms with Gasteiger partial charge in [0.15, 0.2) is 0 Å². The fourth-order valence-corrected chi connectivity index (χ4v) is 1.72. The first kappa shape index (κ1) is 13.3. The van der Waals surface area contributed by atoms with Crippen LogP contribution in [0.3, 0.4) is 0 Å². The van der Waals surface area contributed by atoms with E-state index < -0.39 is 0 Å². The molecule has 0 radical (unpaired) electrons. The van der Waals surface area contributed by atoms with E-state index in [1.54, 1.807) is 10.9 Å². The van der Waals surface area contributed by atoms with Gasteiger partial charge in [-0.2, -0.15) is 5.10 Å². The first-order chi connectivity index (χ1) is 9.15. The van der Waals surface area contributed by atoms with E-state index in [1.165, 1.54) is 5.56 Å². The van der Waals surface area contributed by atoms with Gasteiger partial charge in [0.25, 0.3) is 0 Å². The van der Waals surface area contributed by atoms with Gasteiger partial charge in [0, 0.05) is 25.5 Å². The molecule has 0 atom stereocenters. The molecule has 0 unspecified atom stereocenters. The molecule has 0 aliphatic heterocycles. The molecule has 5 nitrogen and oxygen atoms in total. The number of carbonyl (C=O) groups excluding carboxylic acids is 1. The molecule has 1 heterocycles. The third-order valence-corrected chi connectivity index (χ3v) is 2.85. The molecule has 5 heteroatoms. The third kappa shape index (κ3) is 3.93. The van der Waals surface area contributed by atoms with Crippen molar-refractivity contribution in [3.63, 3.8) is 0 Å². The minimum Gasteiger partial charge on any atom is -0.325 e. The number of hydrogen-bond donors (Lipinski definition) is 2. The number of aryl methyl sites for hydroxylation is 2. The van der Waals surface area contributed by atoms with Gasteiger partial charge >= 0.3 is 0 Å². The second kappa shape index (κ2) is 6.15. The van der Waals surface area contributed by atoms with E-state index in [0.717, 1.165) is 11.4 Å². The second-order valence-corrected chi connectivity index (χ2v) is 4.46. The lowest BCUT2D eigenvalue weighted by Crippen LogP contribution is -2.28. The van der Waals surface area contributed by atoms with Gasteiger partial charge in [-0.15, -0.1) is 0 Å². The lowest BCUT2D eigenvalue weighted by molar-refractivity contribution is -0.115. The van der Waals surface area contributed by atoms with Crippen molar-refractivity contribution in [1.29, 1.82) is 0 Å². The molecule has 0 bridgehead atoms. The Hall–Kier alpha value is -2.14. The second-order valence-electron chi connectivity index (χ2n) is 4.46. The Morgan fingerprint density at radius 2 is 2.00 bits per heavy atom. The molecule has 2 aromatic rings. The maximum absolute atomic E-state index is 11.7. The predicted octanol–water partition coefficient (Wildman–Crippen LogP) is 1.46. The predicted molar refractivity (Wildman–Crippen MR) is 74.7 cm³/mol. The standard InChI is InChI=1S/C14H18N4O/c1-11-3-5-12(6-4-11)17-14(19)10-15-9-13-7-8-16-18(13)2/h3-8,15H,9-10H2,1-2H3,(H,17,19). The van der Waals surface area contributed by atoms with Crippen molar-refractivity contribution in [3.05, 3.63) is 47.8 Å². The number of rotatable bonds is 5. The summed E-state index contributed by atoms with van der Waals surface area (Å²) in [6.45, 7) is 2.91. The fraction of sp³-hybridized carbons (Fsp3) is 0.286. The van der Waals surface area contributed by atoms with Gasteiger partial charge in [0.1, 0.15) is 0 Å². The van der Waals surface area contributed by atoms with Gasteiger partial charge in [-0.05, 0) is 25.1 Å². The Kier molecular flexibility index (Phi) is 4.30. The number of hydrogen-bond acceptors (Lipinski definition) is 3. The molecule has 1 aromatic carbocycles. The van der Waals surface area contributed by atoms with Crippen LogP contribution in [0.15, 0.2) is 36.5 Å². The Morgan fingerprint density at radius 3 is 2.63 bits per heavy atom. The zero-order chi connectivity index (χ0) is 13.7. The summed E-state index contributed by atoms with van der Waals surface area (Å²) in [6.07, 6.45) is 1.74. The maximum atomic E-state index is 11.7. The van der Waals surface area contributed by atoms with Crippen molar-refractivity contribution in [2.75, 3.05) is 11.9 Å². The van der Waals surface area contributed by atoms with Crippen molar-refractivity contribution in [1.82, 2.24) is 15.1 Å². The molecule has 0 fully saturated rings. The summed E-state index contributed by atoms with van der Waals surface area (Å²) >= 11 is 0. The molecular formula is C14H18N4O. The van der Waals surface area contributed by atoms with Crippen molar-refractivity contribution < 1.29 is 4.79 Å². The number of nitrogens with zero attached hydrogens (tertiary/aromatic N) is 2. The van der Waals surface area contributed by atoms with Crippen molar-refractivity contribution in [2.45, 2.75) is 13.5 Å². The molecule has 2 N–H and O–H groups in total. The van der Waals surface area contributed by atoms with Crippen LogP contribution in [0.1, 0.15) is 11.3 Å². The molecule has 1 amide bonds. The summed E-state index contributed by atoms with van der Waals surface area (Å²) in [5.74, 6) is -0.0500. The molecular weight excluding hydrogens is 240 g/mol. The highest BCUT2D eigenvalue weighted by Gasteiger charge is 2.03. The average Bonchev–Trinajstić information content (AvgIpc) is 2.78. The number of carbonyl (C=O) groups is 1. The SMILES string of the molecule is Cc1ccc(NC(=O)CNCc2ccnn2C)cc1. The molecule has 0 saturated carbocycles. The first-order valence-electron chi connectivity index (χ1n) is 6.19. The average molecular weight is 258 g/mol. The lowest BCUT2D eigenvalue weighted by Gasteiger charge is -2.07. The molecule has 19 heavy (non-hydrogen) atoms. The number of anilines is 1. The van der Waals surface area contributed by atoms with Crippen LogP contribution in [-0.4, -0.2) is 22.2 Å². The summed E-state index contributed by atoms with van der Waals surface area (Å²) in [5, 5.41) is 9.99. The Bertz CT molecular complexity index is 545. The van der Waals surface area contributed by atoms with E-state index in [2.05, 4.69) is 15.7 Å². The minimum atomic E-state index is -0.0500. The molecule has 1 aromatic heterocycles. The zero-order valence-electron chi connectivity index (χ0n) is 11.2. The Balaban J connectivity index is 1.76. The lowest BCUT2D eigenvalue weighted by atomic mass is 10.2. The highest BCUT2D eigenvalue weighted by atomic mass is 16.1. The van der Waals surface area contributed by atoms with Crippen molar-refractivity contribution >= 4 is 11.6 Å². The van der Waals surface area contributed by atoms with E-state index in [0.29, 0.717) is 6.54 Å². The third-order valence-electron chi connectivity index (χ3n) is 2.85. The van der Waals surface area contributed by atoms with Crippen LogP contribution in [0.4, 0.5) is 5.69 Å². The Labute approximate surface area is 112 Å². The molecule has 2 rings (SSSR count). The number of nitrogens with one attached hydrogen (secondary N) is 2. The largest absolute Gasteiger partial charge is 0.325 e. The number of amides is 1. The summed E-state index contributed by atoms with van der Waals surface area (Å²) in [5.41, 5.74) is 3.04. The smallest absolute Gasteiger partial charge is 0.238 e. The van der Waals surface area contributed by atoms with Gasteiger partial charge in [0.2, 0.25) is 5.91 Å². The van der Waals surface area contributed by atoms with Crippen LogP contribution in [0.5, 0.6) is 0 Å².